The van der Waals surface area contributed by atoms with Crippen molar-refractivity contribution < 1.29 is 5.11 Å². The molecule has 94 valence electrons. The summed E-state index contributed by atoms with van der Waals surface area (Å²) in [6.07, 6.45) is 4.68. The lowest BCUT2D eigenvalue weighted by Gasteiger charge is -2.14. The van der Waals surface area contributed by atoms with Crippen LogP contribution in [0.2, 0.25) is 0 Å². The van der Waals surface area contributed by atoms with Crippen LogP contribution in [0.15, 0.2) is 12.4 Å². The molecule has 2 rings (SSSR count). The second-order valence-corrected chi connectivity index (χ2v) is 4.50. The molecule has 1 unspecified atom stereocenters. The molecular formula is C12H20N4O. The van der Waals surface area contributed by atoms with Gasteiger partial charge in [-0.2, -0.15) is 0 Å². The van der Waals surface area contributed by atoms with E-state index in [2.05, 4.69) is 20.2 Å². The molecule has 0 radical (unpaired) electrons. The minimum absolute atomic E-state index is 0.293. The lowest BCUT2D eigenvalue weighted by molar-refractivity contribution is 0.219. The van der Waals surface area contributed by atoms with Crippen molar-refractivity contribution in [3.8, 4) is 0 Å². The van der Waals surface area contributed by atoms with Crippen LogP contribution >= 0.6 is 0 Å². The van der Waals surface area contributed by atoms with Crippen LogP contribution < -0.4 is 5.32 Å². The second-order valence-electron chi connectivity index (χ2n) is 4.50. The highest BCUT2D eigenvalue weighted by molar-refractivity contribution is 5.30. The topological polar surface area (TPSA) is 61.3 Å². The molecule has 0 aromatic carbocycles. The van der Waals surface area contributed by atoms with Crippen molar-refractivity contribution in [3.05, 3.63) is 18.1 Å². The zero-order valence-corrected chi connectivity index (χ0v) is 10.3. The van der Waals surface area contributed by atoms with E-state index >= 15 is 0 Å². The van der Waals surface area contributed by atoms with Gasteiger partial charge in [-0.3, -0.25) is 9.88 Å². The second kappa shape index (κ2) is 5.93. The summed E-state index contributed by atoms with van der Waals surface area (Å²) in [5, 5.41) is 12.2. The number of hydrogen-bond acceptors (Lipinski definition) is 5. The van der Waals surface area contributed by atoms with Crippen molar-refractivity contribution >= 4 is 5.82 Å². The number of nitrogens with one attached hydrogen (secondary N) is 1. The minimum Gasteiger partial charge on any atom is -0.396 e. The van der Waals surface area contributed by atoms with E-state index in [1.54, 1.807) is 6.20 Å². The SMILES string of the molecule is CCNc1cnc(CN2CCC(CO)C2)cn1. The van der Waals surface area contributed by atoms with Gasteiger partial charge in [0, 0.05) is 26.2 Å². The summed E-state index contributed by atoms with van der Waals surface area (Å²) < 4.78 is 0. The van der Waals surface area contributed by atoms with E-state index in [1.165, 1.54) is 0 Å². The monoisotopic (exact) mass is 236 g/mol. The molecular weight excluding hydrogens is 216 g/mol. The fraction of sp³-hybridized carbons (Fsp3) is 0.667. The Hall–Kier alpha value is -1.20. The van der Waals surface area contributed by atoms with E-state index in [9.17, 15) is 0 Å². The molecule has 1 saturated heterocycles. The molecule has 1 aromatic heterocycles. The first-order valence-electron chi connectivity index (χ1n) is 6.19. The van der Waals surface area contributed by atoms with Crippen molar-refractivity contribution in [3.63, 3.8) is 0 Å². The number of aliphatic hydroxyl groups is 1. The Labute approximate surface area is 102 Å². The van der Waals surface area contributed by atoms with Crippen LogP contribution in [-0.2, 0) is 6.54 Å². The van der Waals surface area contributed by atoms with Gasteiger partial charge in [-0.25, -0.2) is 4.98 Å². The lowest BCUT2D eigenvalue weighted by Crippen LogP contribution is -2.21. The van der Waals surface area contributed by atoms with Crippen molar-refractivity contribution in [2.75, 3.05) is 31.6 Å². The quantitative estimate of drug-likeness (QED) is 0.789. The van der Waals surface area contributed by atoms with Gasteiger partial charge in [0.15, 0.2) is 0 Å². The van der Waals surface area contributed by atoms with Gasteiger partial charge in [0.25, 0.3) is 0 Å². The molecule has 0 aliphatic carbocycles. The van der Waals surface area contributed by atoms with E-state index in [1.807, 2.05) is 13.1 Å². The zero-order chi connectivity index (χ0) is 12.1. The summed E-state index contributed by atoms with van der Waals surface area (Å²) in [6.45, 7) is 6.03. The molecule has 1 atom stereocenters. The Kier molecular flexibility index (Phi) is 4.28. The number of aliphatic hydroxyl groups excluding tert-OH is 1. The Morgan fingerprint density at radius 1 is 1.47 bits per heavy atom. The molecule has 2 heterocycles. The summed E-state index contributed by atoms with van der Waals surface area (Å²) in [4.78, 5) is 11.0. The molecule has 1 aliphatic heterocycles. The first-order valence-corrected chi connectivity index (χ1v) is 6.19. The highest BCUT2D eigenvalue weighted by Crippen LogP contribution is 2.17. The lowest BCUT2D eigenvalue weighted by atomic mass is 10.1. The third-order valence-corrected chi connectivity index (χ3v) is 3.08. The van der Waals surface area contributed by atoms with Gasteiger partial charge in [-0.15, -0.1) is 0 Å². The molecule has 2 N–H and O–H groups in total. The van der Waals surface area contributed by atoms with E-state index in [-0.39, 0.29) is 0 Å². The number of hydrogen-bond donors (Lipinski definition) is 2. The van der Waals surface area contributed by atoms with Crippen molar-refractivity contribution in [1.82, 2.24) is 14.9 Å². The third-order valence-electron chi connectivity index (χ3n) is 3.08. The number of nitrogens with zero attached hydrogens (tertiary/aromatic N) is 3. The summed E-state index contributed by atoms with van der Waals surface area (Å²) >= 11 is 0. The molecule has 1 aromatic rings. The molecule has 5 nitrogen and oxygen atoms in total. The first kappa shape index (κ1) is 12.3. The molecule has 1 fully saturated rings. The summed E-state index contributed by atoms with van der Waals surface area (Å²) in [5.74, 6) is 1.26. The smallest absolute Gasteiger partial charge is 0.144 e. The summed E-state index contributed by atoms with van der Waals surface area (Å²) in [5.41, 5.74) is 0.991. The number of anilines is 1. The fourth-order valence-electron chi connectivity index (χ4n) is 2.14. The highest BCUT2D eigenvalue weighted by Gasteiger charge is 2.21. The van der Waals surface area contributed by atoms with Crippen LogP contribution in [-0.4, -0.2) is 46.2 Å². The molecule has 0 saturated carbocycles. The average Bonchev–Trinajstić information content (AvgIpc) is 2.80. The van der Waals surface area contributed by atoms with Gasteiger partial charge in [0.1, 0.15) is 5.82 Å². The van der Waals surface area contributed by atoms with E-state index in [0.717, 1.165) is 44.1 Å². The molecule has 0 spiro atoms. The van der Waals surface area contributed by atoms with Crippen molar-refractivity contribution in [1.29, 1.82) is 0 Å². The van der Waals surface area contributed by atoms with Crippen molar-refractivity contribution in [2.24, 2.45) is 5.92 Å². The standard InChI is InChI=1S/C12H20N4O/c1-2-13-12-6-14-11(5-15-12)8-16-4-3-10(7-16)9-17/h5-6,10,17H,2-4,7-9H2,1H3,(H,13,15). The maximum atomic E-state index is 9.08. The Balaban J connectivity index is 1.86. The van der Waals surface area contributed by atoms with E-state index in [0.29, 0.717) is 12.5 Å². The van der Waals surface area contributed by atoms with Crippen LogP contribution in [0.1, 0.15) is 19.0 Å². The maximum Gasteiger partial charge on any atom is 0.144 e. The normalized spacial score (nSPS) is 20.7. The van der Waals surface area contributed by atoms with E-state index < -0.39 is 0 Å². The van der Waals surface area contributed by atoms with Crippen LogP contribution in [0, 0.1) is 5.92 Å². The van der Waals surface area contributed by atoms with Crippen LogP contribution in [0.4, 0.5) is 5.82 Å². The van der Waals surface area contributed by atoms with Crippen LogP contribution in [0.25, 0.3) is 0 Å². The molecule has 0 bridgehead atoms. The predicted octanol–water partition coefficient (Wildman–Crippen LogP) is 0.723. The third kappa shape index (κ3) is 3.38. The number of aromatic nitrogens is 2. The molecule has 17 heavy (non-hydrogen) atoms. The van der Waals surface area contributed by atoms with Gasteiger partial charge < -0.3 is 10.4 Å². The molecule has 1 aliphatic rings. The fourth-order valence-corrected chi connectivity index (χ4v) is 2.14. The zero-order valence-electron chi connectivity index (χ0n) is 10.3. The van der Waals surface area contributed by atoms with Gasteiger partial charge in [-0.05, 0) is 25.8 Å². The Morgan fingerprint density at radius 3 is 2.94 bits per heavy atom. The minimum atomic E-state index is 0.293. The van der Waals surface area contributed by atoms with Crippen LogP contribution in [0.3, 0.4) is 0 Å². The first-order chi connectivity index (χ1) is 8.31. The molecule has 0 amide bonds. The van der Waals surface area contributed by atoms with E-state index in [4.69, 9.17) is 5.11 Å². The average molecular weight is 236 g/mol. The van der Waals surface area contributed by atoms with Gasteiger partial charge >= 0.3 is 0 Å². The predicted molar refractivity (Wildman–Crippen MR) is 66.7 cm³/mol. The number of likely N-dealkylation sites (tertiary alicyclic amines) is 1. The summed E-state index contributed by atoms with van der Waals surface area (Å²) in [7, 11) is 0. The summed E-state index contributed by atoms with van der Waals surface area (Å²) in [6, 6.07) is 0. The number of rotatable bonds is 5. The maximum absolute atomic E-state index is 9.08. The Morgan fingerprint density at radius 2 is 2.35 bits per heavy atom. The van der Waals surface area contributed by atoms with Crippen molar-refractivity contribution in [2.45, 2.75) is 19.9 Å². The van der Waals surface area contributed by atoms with Gasteiger partial charge in [0.05, 0.1) is 18.1 Å². The van der Waals surface area contributed by atoms with Gasteiger partial charge in [-0.1, -0.05) is 0 Å². The van der Waals surface area contributed by atoms with Crippen LogP contribution in [0.5, 0.6) is 0 Å². The molecule has 5 heteroatoms. The Bertz CT molecular complexity index is 341. The highest BCUT2D eigenvalue weighted by atomic mass is 16.3. The van der Waals surface area contributed by atoms with Gasteiger partial charge in [0.2, 0.25) is 0 Å². The largest absolute Gasteiger partial charge is 0.396 e.